The molecule has 7 heteroatoms. The summed E-state index contributed by atoms with van der Waals surface area (Å²) in [5, 5.41) is 0. The molecule has 1 amide bonds. The molecule has 1 aromatic carbocycles. The largest absolute Gasteiger partial charge is 0.444 e. The fourth-order valence-electron chi connectivity index (χ4n) is 2.91. The number of carbonyl (C=O) groups is 1. The van der Waals surface area contributed by atoms with Crippen LogP contribution in [0.3, 0.4) is 0 Å². The molecule has 23 heavy (non-hydrogen) atoms. The Morgan fingerprint density at radius 1 is 1.39 bits per heavy atom. The van der Waals surface area contributed by atoms with E-state index in [4.69, 9.17) is 4.74 Å². The van der Waals surface area contributed by atoms with Crippen molar-refractivity contribution >= 4 is 33.1 Å². The Morgan fingerprint density at radius 2 is 2.13 bits per heavy atom. The van der Waals surface area contributed by atoms with Gasteiger partial charge in [-0.1, -0.05) is 15.9 Å². The third kappa shape index (κ3) is 3.29. The second kappa shape index (κ2) is 5.70. The van der Waals surface area contributed by atoms with Crippen LogP contribution in [-0.2, 0) is 4.74 Å². The van der Waals surface area contributed by atoms with Crippen molar-refractivity contribution in [2.75, 3.05) is 13.1 Å². The number of H-pyrrole nitrogens is 1. The minimum atomic E-state index is -0.515. The summed E-state index contributed by atoms with van der Waals surface area (Å²) in [7, 11) is 0. The van der Waals surface area contributed by atoms with Crippen LogP contribution in [0.15, 0.2) is 27.5 Å². The van der Waals surface area contributed by atoms with E-state index in [0.717, 1.165) is 21.9 Å². The summed E-state index contributed by atoms with van der Waals surface area (Å²) >= 11 is 3.41. The first-order valence-corrected chi connectivity index (χ1v) is 8.41. The molecular weight excluding hydrogens is 362 g/mol. The Kier molecular flexibility index (Phi) is 4.00. The molecular formula is C16H20BrN3O3. The predicted molar refractivity (Wildman–Crippen MR) is 91.7 cm³/mol. The number of hydrogen-bond acceptors (Lipinski definition) is 3. The Bertz CT molecular complexity index is 803. The molecule has 1 aromatic heterocycles. The first kappa shape index (κ1) is 16.1. The van der Waals surface area contributed by atoms with Crippen LogP contribution in [0.4, 0.5) is 4.79 Å². The molecule has 1 N–H and O–H groups in total. The zero-order valence-electron chi connectivity index (χ0n) is 13.4. The molecule has 1 saturated heterocycles. The van der Waals surface area contributed by atoms with Gasteiger partial charge < -0.3 is 14.6 Å². The van der Waals surface area contributed by atoms with Crippen molar-refractivity contribution in [3.8, 4) is 0 Å². The highest BCUT2D eigenvalue weighted by molar-refractivity contribution is 9.10. The van der Waals surface area contributed by atoms with Crippen LogP contribution in [0.25, 0.3) is 11.0 Å². The number of halogens is 1. The molecule has 1 atom stereocenters. The normalized spacial score (nSPS) is 18.6. The fourth-order valence-corrected chi connectivity index (χ4v) is 3.27. The molecule has 2 aromatic rings. The smallest absolute Gasteiger partial charge is 0.410 e. The number of amides is 1. The predicted octanol–water partition coefficient (Wildman–Crippen LogP) is 3.27. The van der Waals surface area contributed by atoms with Crippen molar-refractivity contribution in [1.29, 1.82) is 0 Å². The quantitative estimate of drug-likeness (QED) is 0.823. The SMILES string of the molecule is CC(C)(C)OC(=O)N1CC[C@@H](n2c(=O)[nH]c3cc(Br)ccc32)C1. The molecule has 3 rings (SSSR count). The lowest BCUT2D eigenvalue weighted by Gasteiger charge is -2.24. The van der Waals surface area contributed by atoms with E-state index in [9.17, 15) is 9.59 Å². The van der Waals surface area contributed by atoms with E-state index in [1.807, 2.05) is 39.0 Å². The van der Waals surface area contributed by atoms with Gasteiger partial charge in [-0.25, -0.2) is 9.59 Å². The zero-order valence-corrected chi connectivity index (χ0v) is 15.0. The van der Waals surface area contributed by atoms with Gasteiger partial charge in [0.1, 0.15) is 5.60 Å². The van der Waals surface area contributed by atoms with Gasteiger partial charge in [-0.05, 0) is 45.4 Å². The van der Waals surface area contributed by atoms with E-state index >= 15 is 0 Å². The zero-order chi connectivity index (χ0) is 16.8. The third-order valence-corrected chi connectivity index (χ3v) is 4.35. The number of rotatable bonds is 1. The molecule has 0 saturated carbocycles. The lowest BCUT2D eigenvalue weighted by Crippen LogP contribution is -2.36. The molecule has 0 aliphatic carbocycles. The first-order valence-electron chi connectivity index (χ1n) is 7.62. The van der Waals surface area contributed by atoms with Gasteiger partial charge in [0, 0.05) is 17.6 Å². The summed E-state index contributed by atoms with van der Waals surface area (Å²) in [6.45, 7) is 6.62. The summed E-state index contributed by atoms with van der Waals surface area (Å²) in [6.07, 6.45) is 0.415. The van der Waals surface area contributed by atoms with E-state index < -0.39 is 5.60 Å². The van der Waals surface area contributed by atoms with Gasteiger partial charge in [-0.15, -0.1) is 0 Å². The van der Waals surface area contributed by atoms with Gasteiger partial charge in [-0.2, -0.15) is 0 Å². The van der Waals surface area contributed by atoms with Crippen LogP contribution in [0.1, 0.15) is 33.2 Å². The van der Waals surface area contributed by atoms with Gasteiger partial charge in [0.2, 0.25) is 0 Å². The lowest BCUT2D eigenvalue weighted by molar-refractivity contribution is 0.0289. The topological polar surface area (TPSA) is 67.3 Å². The molecule has 2 heterocycles. The molecule has 0 unspecified atom stereocenters. The van der Waals surface area contributed by atoms with Crippen molar-refractivity contribution in [2.24, 2.45) is 0 Å². The van der Waals surface area contributed by atoms with Crippen molar-refractivity contribution in [3.05, 3.63) is 33.2 Å². The maximum atomic E-state index is 12.3. The van der Waals surface area contributed by atoms with Gasteiger partial charge in [0.15, 0.2) is 0 Å². The number of carbonyl (C=O) groups excluding carboxylic acids is 1. The van der Waals surface area contributed by atoms with Crippen LogP contribution in [-0.4, -0.2) is 39.2 Å². The van der Waals surface area contributed by atoms with Gasteiger partial charge in [0.05, 0.1) is 17.1 Å². The van der Waals surface area contributed by atoms with Crippen molar-refractivity contribution in [3.63, 3.8) is 0 Å². The lowest BCUT2D eigenvalue weighted by atomic mass is 10.2. The van der Waals surface area contributed by atoms with Gasteiger partial charge in [-0.3, -0.25) is 4.57 Å². The number of aromatic amines is 1. The minimum absolute atomic E-state index is 0.0371. The number of likely N-dealkylation sites (tertiary alicyclic amines) is 1. The standard InChI is InChI=1S/C16H20BrN3O3/c1-16(2,3)23-15(22)19-7-6-11(9-19)20-13-5-4-10(17)8-12(13)18-14(20)21/h4-5,8,11H,6-7,9H2,1-3H3,(H,18,21)/t11-/m1/s1. The van der Waals surface area contributed by atoms with Crippen LogP contribution in [0, 0.1) is 0 Å². The first-order chi connectivity index (χ1) is 10.7. The average molecular weight is 382 g/mol. The molecule has 0 radical (unpaired) electrons. The Balaban J connectivity index is 1.83. The third-order valence-electron chi connectivity index (χ3n) is 3.86. The molecule has 1 fully saturated rings. The molecule has 0 spiro atoms. The van der Waals surface area contributed by atoms with E-state index in [0.29, 0.717) is 13.1 Å². The summed E-state index contributed by atoms with van der Waals surface area (Å²) in [6, 6.07) is 5.67. The van der Waals surface area contributed by atoms with Crippen LogP contribution in [0.2, 0.25) is 0 Å². The summed E-state index contributed by atoms with van der Waals surface area (Å²) < 4.78 is 8.07. The van der Waals surface area contributed by atoms with Crippen molar-refractivity contribution < 1.29 is 9.53 Å². The van der Waals surface area contributed by atoms with Crippen LogP contribution >= 0.6 is 15.9 Å². The Labute approximate surface area is 142 Å². The number of imidazole rings is 1. The van der Waals surface area contributed by atoms with Crippen molar-refractivity contribution in [1.82, 2.24) is 14.5 Å². The number of aromatic nitrogens is 2. The van der Waals surface area contributed by atoms with Crippen LogP contribution in [0.5, 0.6) is 0 Å². The number of hydrogen-bond donors (Lipinski definition) is 1. The summed E-state index contributed by atoms with van der Waals surface area (Å²) in [4.78, 5) is 29.0. The maximum Gasteiger partial charge on any atom is 0.410 e. The van der Waals surface area contributed by atoms with E-state index in [2.05, 4.69) is 20.9 Å². The fraction of sp³-hybridized carbons (Fsp3) is 0.500. The highest BCUT2D eigenvalue weighted by Crippen LogP contribution is 2.26. The second-order valence-corrected chi connectivity index (χ2v) is 7.75. The number of benzene rings is 1. The molecule has 124 valence electrons. The van der Waals surface area contributed by atoms with Crippen LogP contribution < -0.4 is 5.69 Å². The van der Waals surface area contributed by atoms with Gasteiger partial charge >= 0.3 is 11.8 Å². The summed E-state index contributed by atoms with van der Waals surface area (Å²) in [5.74, 6) is 0. The number of nitrogens with one attached hydrogen (secondary N) is 1. The maximum absolute atomic E-state index is 12.3. The van der Waals surface area contributed by atoms with Gasteiger partial charge in [0.25, 0.3) is 0 Å². The highest BCUT2D eigenvalue weighted by atomic mass is 79.9. The Morgan fingerprint density at radius 3 is 2.83 bits per heavy atom. The van der Waals surface area contributed by atoms with E-state index in [-0.39, 0.29) is 17.8 Å². The second-order valence-electron chi connectivity index (χ2n) is 6.83. The Hall–Kier alpha value is -1.76. The molecule has 1 aliphatic rings. The molecule has 6 nitrogen and oxygen atoms in total. The molecule has 1 aliphatic heterocycles. The average Bonchev–Trinajstić information content (AvgIpc) is 2.99. The number of ether oxygens (including phenoxy) is 1. The molecule has 0 bridgehead atoms. The number of nitrogens with zero attached hydrogens (tertiary/aromatic N) is 2. The monoisotopic (exact) mass is 381 g/mol. The minimum Gasteiger partial charge on any atom is -0.444 e. The van der Waals surface area contributed by atoms with E-state index in [1.165, 1.54) is 0 Å². The summed E-state index contributed by atoms with van der Waals surface area (Å²) in [5.41, 5.74) is 0.988. The van der Waals surface area contributed by atoms with E-state index in [1.54, 1.807) is 9.47 Å². The van der Waals surface area contributed by atoms with Crippen molar-refractivity contribution in [2.45, 2.75) is 38.8 Å². The highest BCUT2D eigenvalue weighted by Gasteiger charge is 2.32. The number of fused-ring (bicyclic) bond motifs is 1.